The van der Waals surface area contributed by atoms with Gasteiger partial charge in [-0.15, -0.1) is 11.3 Å². The molecule has 0 aliphatic heterocycles. The highest BCUT2D eigenvalue weighted by Gasteiger charge is 2.23. The fourth-order valence-electron chi connectivity index (χ4n) is 2.18. The first-order valence-corrected chi connectivity index (χ1v) is 9.55. The summed E-state index contributed by atoms with van der Waals surface area (Å²) in [4.78, 5) is 35.2. The second-order valence-corrected chi connectivity index (χ2v) is 7.55. The fourth-order valence-corrected chi connectivity index (χ4v) is 3.41. The Morgan fingerprint density at radius 2 is 1.85 bits per heavy atom. The van der Waals surface area contributed by atoms with Crippen LogP contribution in [0.3, 0.4) is 0 Å². The van der Waals surface area contributed by atoms with Crippen molar-refractivity contribution in [3.8, 4) is 11.1 Å². The van der Waals surface area contributed by atoms with Gasteiger partial charge in [0, 0.05) is 21.8 Å². The van der Waals surface area contributed by atoms with Gasteiger partial charge in [0.05, 0.1) is 12.5 Å². The van der Waals surface area contributed by atoms with Gasteiger partial charge in [-0.25, -0.2) is 4.79 Å². The average molecular weight is 440 g/mol. The summed E-state index contributed by atoms with van der Waals surface area (Å²) >= 11 is 4.57. The molecule has 0 radical (unpaired) electrons. The monoisotopic (exact) mass is 439 g/mol. The number of amides is 1. The number of anilines is 1. The third-order valence-electron chi connectivity index (χ3n) is 3.31. The van der Waals surface area contributed by atoms with Crippen molar-refractivity contribution in [2.24, 2.45) is 0 Å². The van der Waals surface area contributed by atoms with Crippen molar-refractivity contribution in [3.63, 3.8) is 0 Å². The molecule has 1 aromatic heterocycles. The first kappa shape index (κ1) is 20.1. The summed E-state index contributed by atoms with van der Waals surface area (Å²) in [7, 11) is 0. The summed E-state index contributed by atoms with van der Waals surface area (Å²) in [5, 5.41) is 13.4. The molecule has 1 heterocycles. The van der Waals surface area contributed by atoms with Crippen LogP contribution in [0.1, 0.15) is 37.0 Å². The van der Waals surface area contributed by atoms with E-state index in [2.05, 4.69) is 21.2 Å². The van der Waals surface area contributed by atoms with E-state index in [1.807, 2.05) is 24.3 Å². The molecule has 2 N–H and O–H groups in total. The van der Waals surface area contributed by atoms with Crippen molar-refractivity contribution in [2.75, 3.05) is 5.32 Å². The number of rotatable bonds is 7. The van der Waals surface area contributed by atoms with E-state index in [1.165, 1.54) is 11.3 Å². The Kier molecular flexibility index (Phi) is 6.93. The maximum Gasteiger partial charge on any atom is 0.342 e. The van der Waals surface area contributed by atoms with Crippen molar-refractivity contribution in [1.82, 2.24) is 0 Å². The van der Waals surface area contributed by atoms with Crippen LogP contribution in [0.2, 0.25) is 0 Å². The van der Waals surface area contributed by atoms with E-state index in [4.69, 9.17) is 9.84 Å². The van der Waals surface area contributed by atoms with E-state index in [9.17, 15) is 14.4 Å². The molecular weight excluding hydrogens is 422 g/mol. The van der Waals surface area contributed by atoms with E-state index < -0.39 is 17.8 Å². The van der Waals surface area contributed by atoms with Crippen LogP contribution in [-0.4, -0.2) is 29.1 Å². The van der Waals surface area contributed by atoms with Crippen LogP contribution in [0.4, 0.5) is 5.00 Å². The zero-order valence-corrected chi connectivity index (χ0v) is 16.6. The molecule has 1 aromatic carbocycles. The summed E-state index contributed by atoms with van der Waals surface area (Å²) in [6, 6.07) is 7.42. The average Bonchev–Trinajstić information content (AvgIpc) is 2.96. The lowest BCUT2D eigenvalue weighted by Gasteiger charge is -2.11. The van der Waals surface area contributed by atoms with E-state index in [-0.39, 0.29) is 24.5 Å². The Balaban J connectivity index is 2.35. The Morgan fingerprint density at radius 3 is 2.42 bits per heavy atom. The highest BCUT2D eigenvalue weighted by molar-refractivity contribution is 9.10. The molecule has 0 saturated heterocycles. The molecular formula is C18H18BrNO5S. The number of carboxylic acid groups (broad SMARTS) is 1. The molecule has 8 heteroatoms. The Hall–Kier alpha value is -2.19. The molecule has 0 saturated carbocycles. The highest BCUT2D eigenvalue weighted by Crippen LogP contribution is 2.37. The van der Waals surface area contributed by atoms with Crippen LogP contribution in [0.25, 0.3) is 11.1 Å². The molecule has 138 valence electrons. The van der Waals surface area contributed by atoms with Crippen LogP contribution in [-0.2, 0) is 14.3 Å². The lowest BCUT2D eigenvalue weighted by atomic mass is 10.0. The number of hydrogen-bond acceptors (Lipinski definition) is 5. The minimum atomic E-state index is -1.05. The predicted octanol–water partition coefficient (Wildman–Crippen LogP) is 4.55. The number of carbonyl (C=O) groups is 3. The van der Waals surface area contributed by atoms with E-state index in [0.717, 1.165) is 10.0 Å². The normalized spacial score (nSPS) is 10.6. The van der Waals surface area contributed by atoms with Crippen molar-refractivity contribution in [2.45, 2.75) is 32.8 Å². The summed E-state index contributed by atoms with van der Waals surface area (Å²) < 4.78 is 6.22. The van der Waals surface area contributed by atoms with Gasteiger partial charge in [-0.05, 0) is 31.5 Å². The number of carbonyl (C=O) groups excluding carboxylic acids is 2. The molecule has 2 aromatic rings. The van der Waals surface area contributed by atoms with E-state index >= 15 is 0 Å². The molecule has 0 spiro atoms. The summed E-state index contributed by atoms with van der Waals surface area (Å²) in [6.45, 7) is 3.49. The predicted molar refractivity (Wildman–Crippen MR) is 104 cm³/mol. The molecule has 0 unspecified atom stereocenters. The smallest absolute Gasteiger partial charge is 0.342 e. The summed E-state index contributed by atoms with van der Waals surface area (Å²) in [6.07, 6.45) is -0.752. The number of ether oxygens (including phenoxy) is 1. The molecule has 0 aliphatic carbocycles. The quantitative estimate of drug-likeness (QED) is 0.617. The number of benzene rings is 1. The number of carboxylic acids is 1. The Morgan fingerprint density at radius 1 is 1.19 bits per heavy atom. The Labute approximate surface area is 163 Å². The third-order valence-corrected chi connectivity index (χ3v) is 4.74. The molecule has 1 amide bonds. The SMILES string of the molecule is CC(C)OC(=O)c1c(-c2ccc(Br)cc2)csc1NC(=O)CCC(=O)O. The minimum Gasteiger partial charge on any atom is -0.481 e. The zero-order chi connectivity index (χ0) is 19.3. The summed E-state index contributed by atoms with van der Waals surface area (Å²) in [5.74, 6) is -2.05. The number of esters is 1. The minimum absolute atomic E-state index is 0.167. The molecule has 2 rings (SSSR count). The molecule has 0 aliphatic rings. The van der Waals surface area contributed by atoms with Gasteiger partial charge in [0.2, 0.25) is 5.91 Å². The summed E-state index contributed by atoms with van der Waals surface area (Å²) in [5.41, 5.74) is 1.74. The Bertz CT molecular complexity index is 813. The van der Waals surface area contributed by atoms with Gasteiger partial charge in [0.15, 0.2) is 0 Å². The second kappa shape index (κ2) is 8.95. The fraction of sp³-hybridized carbons (Fsp3) is 0.278. The molecule has 0 fully saturated rings. The van der Waals surface area contributed by atoms with Crippen molar-refractivity contribution >= 4 is 50.1 Å². The number of hydrogen-bond donors (Lipinski definition) is 2. The topological polar surface area (TPSA) is 92.7 Å². The maximum atomic E-state index is 12.6. The largest absolute Gasteiger partial charge is 0.481 e. The van der Waals surface area contributed by atoms with Crippen LogP contribution in [0.15, 0.2) is 34.1 Å². The van der Waals surface area contributed by atoms with E-state index in [1.54, 1.807) is 19.2 Å². The lowest BCUT2D eigenvalue weighted by molar-refractivity contribution is -0.138. The zero-order valence-electron chi connectivity index (χ0n) is 14.2. The van der Waals surface area contributed by atoms with Gasteiger partial charge in [0.1, 0.15) is 10.6 Å². The first-order chi connectivity index (χ1) is 12.3. The molecule has 26 heavy (non-hydrogen) atoms. The van der Waals surface area contributed by atoms with Crippen molar-refractivity contribution in [3.05, 3.63) is 39.7 Å². The van der Waals surface area contributed by atoms with Gasteiger partial charge >= 0.3 is 11.9 Å². The van der Waals surface area contributed by atoms with Crippen LogP contribution in [0, 0.1) is 0 Å². The number of nitrogens with one attached hydrogen (secondary N) is 1. The van der Waals surface area contributed by atoms with Gasteiger partial charge < -0.3 is 15.2 Å². The van der Waals surface area contributed by atoms with Gasteiger partial charge in [-0.1, -0.05) is 28.1 Å². The van der Waals surface area contributed by atoms with Gasteiger partial charge in [0.25, 0.3) is 0 Å². The van der Waals surface area contributed by atoms with Gasteiger partial charge in [-0.3, -0.25) is 9.59 Å². The number of halogens is 1. The van der Waals surface area contributed by atoms with Gasteiger partial charge in [-0.2, -0.15) is 0 Å². The molecule has 0 atom stereocenters. The van der Waals surface area contributed by atoms with Crippen LogP contribution >= 0.6 is 27.3 Å². The van der Waals surface area contributed by atoms with Crippen LogP contribution in [0.5, 0.6) is 0 Å². The second-order valence-electron chi connectivity index (χ2n) is 5.76. The highest BCUT2D eigenvalue weighted by atomic mass is 79.9. The van der Waals surface area contributed by atoms with E-state index in [0.29, 0.717) is 10.6 Å². The first-order valence-electron chi connectivity index (χ1n) is 7.88. The molecule has 6 nitrogen and oxygen atoms in total. The lowest BCUT2D eigenvalue weighted by Crippen LogP contribution is -2.17. The standard InChI is InChI=1S/C18H18BrNO5S/c1-10(2)25-18(24)16-13(11-3-5-12(19)6-4-11)9-26-17(16)20-14(21)7-8-15(22)23/h3-6,9-10H,7-8H2,1-2H3,(H,20,21)(H,22,23). The number of thiophene rings is 1. The van der Waals surface area contributed by atoms with Crippen molar-refractivity contribution < 1.29 is 24.2 Å². The number of aliphatic carboxylic acids is 1. The maximum absolute atomic E-state index is 12.6. The third kappa shape index (κ3) is 5.40. The molecule has 0 bridgehead atoms. The van der Waals surface area contributed by atoms with Crippen LogP contribution < -0.4 is 5.32 Å². The van der Waals surface area contributed by atoms with Crippen molar-refractivity contribution in [1.29, 1.82) is 0 Å².